The lowest BCUT2D eigenvalue weighted by Gasteiger charge is -2.31. The lowest BCUT2D eigenvalue weighted by molar-refractivity contribution is -0.121. The highest BCUT2D eigenvalue weighted by Crippen LogP contribution is 2.33. The molecule has 1 saturated heterocycles. The maximum Gasteiger partial charge on any atom is 0.257 e. The van der Waals surface area contributed by atoms with E-state index >= 15 is 0 Å². The molecule has 4 rings (SSSR count). The summed E-state index contributed by atoms with van der Waals surface area (Å²) in [5.41, 5.74) is 1.37. The molecule has 3 aromatic rings. The second kappa shape index (κ2) is 7.95. The topological polar surface area (TPSA) is 75.4 Å². The highest BCUT2D eigenvalue weighted by molar-refractivity contribution is 9.11. The Morgan fingerprint density at radius 2 is 2.22 bits per heavy atom. The number of thiophene rings is 1. The summed E-state index contributed by atoms with van der Waals surface area (Å²) in [4.78, 5) is 32.4. The molecule has 0 aliphatic carbocycles. The minimum atomic E-state index is -0.238. The number of rotatable bonds is 4. The molecule has 0 aromatic carbocycles. The van der Waals surface area contributed by atoms with Crippen molar-refractivity contribution < 1.29 is 14.0 Å². The van der Waals surface area contributed by atoms with E-state index in [9.17, 15) is 9.59 Å². The number of amides is 2. The van der Waals surface area contributed by atoms with Gasteiger partial charge < -0.3 is 14.6 Å². The third kappa shape index (κ3) is 4.15. The molecule has 1 aliphatic rings. The van der Waals surface area contributed by atoms with Gasteiger partial charge in [-0.2, -0.15) is 0 Å². The summed E-state index contributed by atoms with van der Waals surface area (Å²) in [6.07, 6.45) is 4.48. The summed E-state index contributed by atoms with van der Waals surface area (Å²) in [7, 11) is 0. The summed E-state index contributed by atoms with van der Waals surface area (Å²) in [6, 6.07) is 5.62. The van der Waals surface area contributed by atoms with Gasteiger partial charge in [0.2, 0.25) is 5.91 Å². The monoisotopic (exact) mass is 465 g/mol. The largest absolute Gasteiger partial charge is 0.472 e. The number of thiazole rings is 1. The molecule has 2 amide bonds. The number of likely N-dealkylation sites (tertiary alicyclic amines) is 1. The van der Waals surface area contributed by atoms with E-state index < -0.39 is 0 Å². The number of anilines is 1. The summed E-state index contributed by atoms with van der Waals surface area (Å²) in [5, 5.41) is 5.42. The third-order valence-electron chi connectivity index (χ3n) is 4.41. The quantitative estimate of drug-likeness (QED) is 0.604. The Kier molecular flexibility index (Phi) is 5.42. The maximum absolute atomic E-state index is 12.7. The van der Waals surface area contributed by atoms with Gasteiger partial charge in [0, 0.05) is 18.5 Å². The van der Waals surface area contributed by atoms with E-state index in [-0.39, 0.29) is 17.7 Å². The molecule has 0 bridgehead atoms. The van der Waals surface area contributed by atoms with E-state index in [4.69, 9.17) is 4.42 Å². The van der Waals surface area contributed by atoms with Gasteiger partial charge >= 0.3 is 0 Å². The average Bonchev–Trinajstić information content (AvgIpc) is 3.43. The van der Waals surface area contributed by atoms with E-state index in [0.29, 0.717) is 23.8 Å². The highest BCUT2D eigenvalue weighted by atomic mass is 79.9. The summed E-state index contributed by atoms with van der Waals surface area (Å²) in [6.45, 7) is 1.06. The first-order valence-corrected chi connectivity index (χ1v) is 10.9. The van der Waals surface area contributed by atoms with Crippen molar-refractivity contribution in [3.63, 3.8) is 0 Å². The second-order valence-electron chi connectivity index (χ2n) is 6.23. The van der Waals surface area contributed by atoms with Crippen molar-refractivity contribution in [3.05, 3.63) is 45.5 Å². The number of aromatic nitrogens is 1. The van der Waals surface area contributed by atoms with Crippen LogP contribution in [0.1, 0.15) is 23.2 Å². The van der Waals surface area contributed by atoms with E-state index in [1.54, 1.807) is 22.3 Å². The Bertz CT molecular complexity index is 951. The van der Waals surface area contributed by atoms with Crippen LogP contribution in [0.15, 0.2) is 44.3 Å². The van der Waals surface area contributed by atoms with Gasteiger partial charge in [0.05, 0.1) is 32.1 Å². The van der Waals surface area contributed by atoms with Gasteiger partial charge in [-0.1, -0.05) is 0 Å². The van der Waals surface area contributed by atoms with Gasteiger partial charge in [-0.25, -0.2) is 4.98 Å². The fourth-order valence-corrected chi connectivity index (χ4v) is 5.18. The van der Waals surface area contributed by atoms with Gasteiger partial charge in [-0.05, 0) is 47.0 Å². The van der Waals surface area contributed by atoms with Gasteiger partial charge in [-0.15, -0.1) is 22.7 Å². The molecule has 0 saturated carbocycles. The number of hydrogen-bond donors (Lipinski definition) is 1. The highest BCUT2D eigenvalue weighted by Gasteiger charge is 2.29. The Labute approximate surface area is 172 Å². The standard InChI is InChI=1S/C18H16BrN3O3S2/c19-15-4-3-14(27-15)13-10-26-18(20-13)21-16(23)11-2-1-6-22(8-11)17(24)12-5-7-25-9-12/h3-5,7,9-11H,1-2,6,8H2,(H,20,21,23). The molecule has 9 heteroatoms. The van der Waals surface area contributed by atoms with Crippen molar-refractivity contribution in [2.24, 2.45) is 5.92 Å². The zero-order chi connectivity index (χ0) is 18.8. The van der Waals surface area contributed by atoms with E-state index in [2.05, 4.69) is 26.2 Å². The number of nitrogens with zero attached hydrogens (tertiary/aromatic N) is 2. The maximum atomic E-state index is 12.7. The lowest BCUT2D eigenvalue weighted by atomic mass is 9.97. The fourth-order valence-electron chi connectivity index (χ4n) is 3.05. The van der Waals surface area contributed by atoms with Crippen molar-refractivity contribution in [1.82, 2.24) is 9.88 Å². The van der Waals surface area contributed by atoms with Crippen molar-refractivity contribution in [1.29, 1.82) is 0 Å². The zero-order valence-corrected chi connectivity index (χ0v) is 17.4. The normalized spacial score (nSPS) is 17.1. The Morgan fingerprint density at radius 3 is 2.96 bits per heavy atom. The van der Waals surface area contributed by atoms with Crippen molar-refractivity contribution in [3.8, 4) is 10.6 Å². The zero-order valence-electron chi connectivity index (χ0n) is 14.2. The summed E-state index contributed by atoms with van der Waals surface area (Å²) in [5.74, 6) is -0.424. The van der Waals surface area contributed by atoms with Crippen LogP contribution in [-0.4, -0.2) is 34.8 Å². The number of hydrogen-bond acceptors (Lipinski definition) is 6. The number of nitrogens with one attached hydrogen (secondary N) is 1. The first-order valence-electron chi connectivity index (χ1n) is 8.44. The summed E-state index contributed by atoms with van der Waals surface area (Å²) >= 11 is 6.45. The number of piperidine rings is 1. The van der Waals surface area contributed by atoms with E-state index in [1.165, 1.54) is 23.9 Å². The van der Waals surface area contributed by atoms with Crippen molar-refractivity contribution in [2.45, 2.75) is 12.8 Å². The van der Waals surface area contributed by atoms with Crippen LogP contribution in [0.2, 0.25) is 0 Å². The SMILES string of the molecule is O=C(Nc1nc(-c2ccc(Br)s2)cs1)C1CCCN(C(=O)c2ccoc2)C1. The van der Waals surface area contributed by atoms with Crippen LogP contribution in [0.25, 0.3) is 10.6 Å². The second-order valence-corrected chi connectivity index (χ2v) is 9.55. The summed E-state index contributed by atoms with van der Waals surface area (Å²) < 4.78 is 6.03. The van der Waals surface area contributed by atoms with Gasteiger partial charge in [-0.3, -0.25) is 9.59 Å². The van der Waals surface area contributed by atoms with Crippen LogP contribution < -0.4 is 5.32 Å². The van der Waals surface area contributed by atoms with Crippen LogP contribution >= 0.6 is 38.6 Å². The van der Waals surface area contributed by atoms with Gasteiger partial charge in [0.1, 0.15) is 6.26 Å². The van der Waals surface area contributed by atoms with Crippen molar-refractivity contribution >= 4 is 55.5 Å². The molecule has 1 fully saturated rings. The van der Waals surface area contributed by atoms with Crippen LogP contribution in [0.3, 0.4) is 0 Å². The lowest BCUT2D eigenvalue weighted by Crippen LogP contribution is -2.43. The molecule has 1 unspecified atom stereocenters. The molecule has 1 N–H and O–H groups in total. The number of carbonyl (C=O) groups is 2. The molecular weight excluding hydrogens is 450 g/mol. The first kappa shape index (κ1) is 18.4. The average molecular weight is 466 g/mol. The van der Waals surface area contributed by atoms with E-state index in [0.717, 1.165) is 27.2 Å². The molecule has 1 atom stereocenters. The predicted octanol–water partition coefficient (Wildman–Crippen LogP) is 4.72. The number of carbonyl (C=O) groups excluding carboxylic acids is 2. The number of furan rings is 1. The third-order valence-corrected chi connectivity index (χ3v) is 6.81. The van der Waals surface area contributed by atoms with Gasteiger partial charge in [0.25, 0.3) is 5.91 Å². The molecule has 6 nitrogen and oxygen atoms in total. The van der Waals surface area contributed by atoms with E-state index in [1.807, 2.05) is 17.5 Å². The molecule has 0 radical (unpaired) electrons. The van der Waals surface area contributed by atoms with Gasteiger partial charge in [0.15, 0.2) is 5.13 Å². The Morgan fingerprint density at radius 1 is 1.33 bits per heavy atom. The minimum Gasteiger partial charge on any atom is -0.472 e. The molecule has 1 aliphatic heterocycles. The smallest absolute Gasteiger partial charge is 0.257 e. The predicted molar refractivity (Wildman–Crippen MR) is 109 cm³/mol. The molecule has 3 aromatic heterocycles. The minimum absolute atomic E-state index is 0.0899. The van der Waals surface area contributed by atoms with Crippen LogP contribution in [0, 0.1) is 5.92 Å². The van der Waals surface area contributed by atoms with Crippen LogP contribution in [-0.2, 0) is 4.79 Å². The molecule has 140 valence electrons. The first-order chi connectivity index (χ1) is 13.1. The van der Waals surface area contributed by atoms with Crippen molar-refractivity contribution in [2.75, 3.05) is 18.4 Å². The van der Waals surface area contributed by atoms with Crippen LogP contribution in [0.5, 0.6) is 0 Å². The molecule has 4 heterocycles. The Balaban J connectivity index is 1.39. The molecule has 0 spiro atoms. The molecule has 27 heavy (non-hydrogen) atoms. The fraction of sp³-hybridized carbons (Fsp3) is 0.278. The van der Waals surface area contributed by atoms with Crippen LogP contribution in [0.4, 0.5) is 5.13 Å². The molecular formula is C18H16BrN3O3S2. The number of halogens is 1. The Hall–Kier alpha value is -1.97.